The minimum absolute atomic E-state index is 0.0729. The molecule has 4 aromatic rings. The van der Waals surface area contributed by atoms with E-state index in [0.717, 1.165) is 34.4 Å². The molecule has 4 rings (SSSR count). The summed E-state index contributed by atoms with van der Waals surface area (Å²) in [6.07, 6.45) is 0.803. The minimum atomic E-state index is -3.64. The Bertz CT molecular complexity index is 1260. The molecule has 0 aliphatic carbocycles. The Morgan fingerprint density at radius 2 is 1.39 bits per heavy atom. The van der Waals surface area contributed by atoms with Crippen molar-refractivity contribution in [2.75, 3.05) is 0 Å². The molecule has 4 nitrogen and oxygen atoms in total. The zero-order chi connectivity index (χ0) is 21.8. The van der Waals surface area contributed by atoms with E-state index in [0.29, 0.717) is 12.2 Å². The summed E-state index contributed by atoms with van der Waals surface area (Å²) in [4.78, 5) is 4.74. The summed E-state index contributed by atoms with van der Waals surface area (Å²) < 4.78 is 28.9. The normalized spacial score (nSPS) is 11.5. The third-order valence-electron chi connectivity index (χ3n) is 5.23. The molecule has 1 aromatic heterocycles. The predicted octanol–water partition coefficient (Wildman–Crippen LogP) is 5.91. The van der Waals surface area contributed by atoms with Crippen molar-refractivity contribution < 1.29 is 8.42 Å². The summed E-state index contributed by atoms with van der Waals surface area (Å²) in [5.74, 6) is -0.0729. The lowest BCUT2D eigenvalue weighted by Crippen LogP contribution is -2.14. The maximum atomic E-state index is 13.5. The van der Waals surface area contributed by atoms with Gasteiger partial charge in [-0.2, -0.15) is 0 Å². The number of hydrogen-bond acceptors (Lipinski definition) is 3. The largest absolute Gasteiger partial charge is 0.314 e. The standard InChI is InChI=1S/C26H26N2O2S/c1-3-18-28-25(23-12-8-5-9-13-23)24(22-10-6-4-7-11-22)27-26(28)31(29,30)19-21-16-14-20(2)15-17-21/h4-17H,3,18-19H2,1-2H3. The van der Waals surface area contributed by atoms with Gasteiger partial charge in [0, 0.05) is 17.7 Å². The molecule has 0 fully saturated rings. The van der Waals surface area contributed by atoms with Crippen LogP contribution in [0, 0.1) is 6.92 Å². The van der Waals surface area contributed by atoms with E-state index in [9.17, 15) is 8.42 Å². The molecular formula is C26H26N2O2S. The van der Waals surface area contributed by atoms with Crippen LogP contribution in [0.1, 0.15) is 24.5 Å². The van der Waals surface area contributed by atoms with Gasteiger partial charge >= 0.3 is 0 Å². The lowest BCUT2D eigenvalue weighted by Gasteiger charge is -2.12. The molecule has 0 atom stereocenters. The van der Waals surface area contributed by atoms with Gasteiger partial charge in [-0.05, 0) is 18.9 Å². The van der Waals surface area contributed by atoms with Crippen LogP contribution in [-0.4, -0.2) is 18.0 Å². The fourth-order valence-electron chi connectivity index (χ4n) is 3.76. The monoisotopic (exact) mass is 430 g/mol. The summed E-state index contributed by atoms with van der Waals surface area (Å²) in [5, 5.41) is 0.132. The van der Waals surface area contributed by atoms with Crippen molar-refractivity contribution in [3.8, 4) is 22.5 Å². The van der Waals surface area contributed by atoms with Crippen molar-refractivity contribution in [3.05, 3.63) is 96.1 Å². The highest BCUT2D eigenvalue weighted by Gasteiger charge is 2.28. The van der Waals surface area contributed by atoms with E-state index in [1.807, 2.05) is 103 Å². The van der Waals surface area contributed by atoms with E-state index < -0.39 is 9.84 Å². The Hall–Kier alpha value is -3.18. The first-order valence-corrected chi connectivity index (χ1v) is 12.1. The zero-order valence-electron chi connectivity index (χ0n) is 17.8. The molecule has 0 spiro atoms. The number of hydrogen-bond donors (Lipinski definition) is 0. The van der Waals surface area contributed by atoms with Gasteiger partial charge in [-0.15, -0.1) is 0 Å². The molecule has 0 saturated carbocycles. The molecule has 0 bridgehead atoms. The Morgan fingerprint density at radius 3 is 1.97 bits per heavy atom. The van der Waals surface area contributed by atoms with Crippen molar-refractivity contribution in [2.45, 2.75) is 37.7 Å². The maximum absolute atomic E-state index is 13.5. The molecule has 5 heteroatoms. The molecule has 0 radical (unpaired) electrons. The number of rotatable bonds is 7. The van der Waals surface area contributed by atoms with Crippen molar-refractivity contribution in [1.29, 1.82) is 0 Å². The lowest BCUT2D eigenvalue weighted by atomic mass is 10.0. The van der Waals surface area contributed by atoms with Crippen molar-refractivity contribution in [1.82, 2.24) is 9.55 Å². The van der Waals surface area contributed by atoms with Gasteiger partial charge in [0.2, 0.25) is 15.0 Å². The fourth-order valence-corrected chi connectivity index (χ4v) is 5.26. The fraction of sp³-hybridized carbons (Fsp3) is 0.192. The second-order valence-corrected chi connectivity index (χ2v) is 9.60. The third-order valence-corrected chi connectivity index (χ3v) is 6.81. The molecule has 158 valence electrons. The molecule has 3 aromatic carbocycles. The molecular weight excluding hydrogens is 404 g/mol. The Balaban J connectivity index is 1.92. The maximum Gasteiger partial charge on any atom is 0.229 e. The summed E-state index contributed by atoms with van der Waals surface area (Å²) in [6.45, 7) is 4.62. The first-order valence-electron chi connectivity index (χ1n) is 10.5. The topological polar surface area (TPSA) is 52.0 Å². The van der Waals surface area contributed by atoms with E-state index in [4.69, 9.17) is 4.98 Å². The lowest BCUT2D eigenvalue weighted by molar-refractivity contribution is 0.558. The summed E-state index contributed by atoms with van der Waals surface area (Å²) >= 11 is 0. The molecule has 0 aliphatic rings. The summed E-state index contributed by atoms with van der Waals surface area (Å²) in [7, 11) is -3.64. The van der Waals surface area contributed by atoms with Gasteiger partial charge in [0.05, 0.1) is 17.1 Å². The highest BCUT2D eigenvalue weighted by molar-refractivity contribution is 7.90. The first-order chi connectivity index (χ1) is 15.0. The molecule has 0 unspecified atom stereocenters. The van der Waals surface area contributed by atoms with Crippen LogP contribution in [0.4, 0.5) is 0 Å². The van der Waals surface area contributed by atoms with Crippen molar-refractivity contribution in [3.63, 3.8) is 0 Å². The number of sulfone groups is 1. The van der Waals surface area contributed by atoms with Gasteiger partial charge in [0.25, 0.3) is 0 Å². The van der Waals surface area contributed by atoms with Crippen LogP contribution >= 0.6 is 0 Å². The molecule has 31 heavy (non-hydrogen) atoms. The van der Waals surface area contributed by atoms with Gasteiger partial charge in [0.15, 0.2) is 0 Å². The SMILES string of the molecule is CCCn1c(S(=O)(=O)Cc2ccc(C)cc2)nc(-c2ccccc2)c1-c1ccccc1. The molecule has 0 N–H and O–H groups in total. The minimum Gasteiger partial charge on any atom is -0.314 e. The van der Waals surface area contributed by atoms with Gasteiger partial charge < -0.3 is 4.57 Å². The van der Waals surface area contributed by atoms with Gasteiger partial charge in [0.1, 0.15) is 0 Å². The van der Waals surface area contributed by atoms with E-state index in [1.54, 1.807) is 0 Å². The zero-order valence-corrected chi connectivity index (χ0v) is 18.6. The Morgan fingerprint density at radius 1 is 0.806 bits per heavy atom. The van der Waals surface area contributed by atoms with Gasteiger partial charge in [-0.25, -0.2) is 13.4 Å². The van der Waals surface area contributed by atoms with Gasteiger partial charge in [-0.1, -0.05) is 97.4 Å². The van der Waals surface area contributed by atoms with Gasteiger partial charge in [-0.3, -0.25) is 0 Å². The number of imidazole rings is 1. The average Bonchev–Trinajstić information content (AvgIpc) is 3.17. The first kappa shape index (κ1) is 21.1. The summed E-state index contributed by atoms with van der Waals surface area (Å²) in [6, 6.07) is 27.3. The smallest absolute Gasteiger partial charge is 0.229 e. The van der Waals surface area contributed by atoms with Crippen LogP contribution in [0.2, 0.25) is 0 Å². The highest BCUT2D eigenvalue weighted by Crippen LogP contribution is 2.35. The summed E-state index contributed by atoms with van der Waals surface area (Å²) in [5.41, 5.74) is 5.27. The Kier molecular flexibility index (Phi) is 6.05. The Labute approximate surface area is 184 Å². The van der Waals surface area contributed by atoms with Crippen LogP contribution in [0.25, 0.3) is 22.5 Å². The molecule has 0 saturated heterocycles. The number of nitrogens with zero attached hydrogens (tertiary/aromatic N) is 2. The molecule has 0 aliphatic heterocycles. The highest BCUT2D eigenvalue weighted by atomic mass is 32.2. The van der Waals surface area contributed by atoms with Crippen LogP contribution in [0.3, 0.4) is 0 Å². The molecule has 0 amide bonds. The van der Waals surface area contributed by atoms with E-state index in [2.05, 4.69) is 0 Å². The predicted molar refractivity (Wildman–Crippen MR) is 125 cm³/mol. The van der Waals surface area contributed by atoms with Crippen LogP contribution < -0.4 is 0 Å². The average molecular weight is 431 g/mol. The van der Waals surface area contributed by atoms with Crippen molar-refractivity contribution in [2.24, 2.45) is 0 Å². The number of benzene rings is 3. The quantitative estimate of drug-likeness (QED) is 0.366. The van der Waals surface area contributed by atoms with Crippen LogP contribution in [0.15, 0.2) is 90.1 Å². The van der Waals surface area contributed by atoms with E-state index >= 15 is 0 Å². The van der Waals surface area contributed by atoms with Crippen molar-refractivity contribution >= 4 is 9.84 Å². The van der Waals surface area contributed by atoms with E-state index in [-0.39, 0.29) is 10.9 Å². The third kappa shape index (κ3) is 4.47. The van der Waals surface area contributed by atoms with E-state index in [1.165, 1.54) is 0 Å². The van der Waals surface area contributed by atoms with Crippen LogP contribution in [0.5, 0.6) is 0 Å². The molecule has 1 heterocycles. The number of aryl methyl sites for hydroxylation is 1. The second-order valence-electron chi connectivity index (χ2n) is 7.72. The second kappa shape index (κ2) is 8.90. The number of aromatic nitrogens is 2. The van der Waals surface area contributed by atoms with Crippen LogP contribution in [-0.2, 0) is 22.1 Å².